The number of hydrogen-bond acceptors (Lipinski definition) is 4. The number of benzene rings is 2. The van der Waals surface area contributed by atoms with Crippen LogP contribution in [-0.4, -0.2) is 36.5 Å². The number of carbonyl (C=O) groups is 3. The Kier molecular flexibility index (Phi) is 8.05. The third-order valence-corrected chi connectivity index (χ3v) is 5.16. The fourth-order valence-electron chi connectivity index (χ4n) is 3.57. The lowest BCUT2D eigenvalue weighted by Crippen LogP contribution is -2.54. The number of fused-ring (bicyclic) bond motifs is 1. The predicted octanol–water partition coefficient (Wildman–Crippen LogP) is 4.01. The average Bonchev–Trinajstić information content (AvgIpc) is 2.68. The van der Waals surface area contributed by atoms with Gasteiger partial charge in [-0.05, 0) is 48.9 Å². The number of amides is 2. The fourth-order valence-corrected chi connectivity index (χ4v) is 3.57. The minimum atomic E-state index is -0.724. The van der Waals surface area contributed by atoms with Crippen LogP contribution in [0.2, 0.25) is 0 Å². The molecule has 2 rings (SSSR count). The molecule has 0 aromatic heterocycles. The summed E-state index contributed by atoms with van der Waals surface area (Å²) in [6, 6.07) is 13.3. The summed E-state index contributed by atoms with van der Waals surface area (Å²) in [5.74, 6) is -1.72. The van der Waals surface area contributed by atoms with Crippen molar-refractivity contribution in [2.45, 2.75) is 66.0 Å². The first-order valence-electron chi connectivity index (χ1n) is 11.0. The van der Waals surface area contributed by atoms with Crippen molar-refractivity contribution in [3.05, 3.63) is 48.0 Å². The molecular weight excluding hydrogens is 404 g/mol. The molecule has 2 aromatic carbocycles. The Bertz CT molecular complexity index is 970. The third-order valence-electron chi connectivity index (χ3n) is 5.16. The molecular formula is C26H36N2O4. The van der Waals surface area contributed by atoms with Crippen molar-refractivity contribution in [2.75, 3.05) is 7.05 Å². The first-order chi connectivity index (χ1) is 14.8. The molecule has 0 saturated carbocycles. The summed E-state index contributed by atoms with van der Waals surface area (Å²) in [6.45, 7) is 11.1. The molecule has 32 heavy (non-hydrogen) atoms. The summed E-state index contributed by atoms with van der Waals surface area (Å²) >= 11 is 0. The Labute approximate surface area is 191 Å². The van der Waals surface area contributed by atoms with Gasteiger partial charge < -0.3 is 15.4 Å². The molecule has 0 radical (unpaired) electrons. The van der Waals surface area contributed by atoms with Crippen LogP contribution in [0.4, 0.5) is 0 Å². The Morgan fingerprint density at radius 1 is 0.906 bits per heavy atom. The molecule has 0 heterocycles. The minimum absolute atomic E-state index is 0.0689. The first kappa shape index (κ1) is 25.4. The van der Waals surface area contributed by atoms with Gasteiger partial charge in [0.1, 0.15) is 11.6 Å². The topological polar surface area (TPSA) is 84.5 Å². The number of rotatable bonds is 7. The van der Waals surface area contributed by atoms with Crippen molar-refractivity contribution in [3.63, 3.8) is 0 Å². The van der Waals surface area contributed by atoms with Gasteiger partial charge in [-0.25, -0.2) is 0 Å². The predicted molar refractivity (Wildman–Crippen MR) is 127 cm³/mol. The van der Waals surface area contributed by atoms with E-state index in [9.17, 15) is 14.4 Å². The van der Waals surface area contributed by atoms with E-state index in [1.165, 1.54) is 0 Å². The van der Waals surface area contributed by atoms with E-state index >= 15 is 0 Å². The average molecular weight is 441 g/mol. The minimum Gasteiger partial charge on any atom is -0.460 e. The molecule has 0 aliphatic carbocycles. The molecule has 6 heteroatoms. The summed E-state index contributed by atoms with van der Waals surface area (Å²) in [5.41, 5.74) is -0.189. The van der Waals surface area contributed by atoms with Crippen LogP contribution < -0.4 is 10.6 Å². The number of likely N-dealkylation sites (N-methyl/N-ethyl adjacent to an activating group) is 1. The van der Waals surface area contributed by atoms with Crippen molar-refractivity contribution >= 4 is 28.6 Å². The van der Waals surface area contributed by atoms with E-state index in [-0.39, 0.29) is 18.2 Å². The second-order valence-electron chi connectivity index (χ2n) is 10.3. The van der Waals surface area contributed by atoms with Gasteiger partial charge in [-0.2, -0.15) is 0 Å². The van der Waals surface area contributed by atoms with Crippen LogP contribution in [0.15, 0.2) is 42.5 Å². The molecule has 2 N–H and O–H groups in total. The normalized spacial score (nSPS) is 13.8. The van der Waals surface area contributed by atoms with E-state index in [0.29, 0.717) is 6.42 Å². The van der Waals surface area contributed by atoms with Crippen LogP contribution in [-0.2, 0) is 25.5 Å². The second kappa shape index (κ2) is 10.2. The van der Waals surface area contributed by atoms with Gasteiger partial charge in [-0.15, -0.1) is 0 Å². The van der Waals surface area contributed by atoms with Crippen molar-refractivity contribution in [1.29, 1.82) is 0 Å². The zero-order chi connectivity index (χ0) is 24.1. The van der Waals surface area contributed by atoms with Crippen LogP contribution >= 0.6 is 0 Å². The fraction of sp³-hybridized carbons (Fsp3) is 0.500. The van der Waals surface area contributed by atoms with Gasteiger partial charge in [-0.3, -0.25) is 14.4 Å². The molecule has 2 aromatic rings. The first-order valence-corrected chi connectivity index (χ1v) is 11.0. The summed E-state index contributed by atoms with van der Waals surface area (Å²) in [6.07, 6.45) is 0.293. The molecule has 6 nitrogen and oxygen atoms in total. The van der Waals surface area contributed by atoms with E-state index in [2.05, 4.69) is 10.6 Å². The lowest BCUT2D eigenvalue weighted by atomic mass is 9.85. The van der Waals surface area contributed by atoms with E-state index in [1.807, 2.05) is 63.2 Å². The highest BCUT2D eigenvalue weighted by molar-refractivity contribution is 5.91. The highest BCUT2D eigenvalue weighted by atomic mass is 16.6. The number of hydrogen-bond donors (Lipinski definition) is 2. The van der Waals surface area contributed by atoms with Gasteiger partial charge in [0.15, 0.2) is 0 Å². The molecule has 174 valence electrons. The molecule has 0 aliphatic rings. The zero-order valence-corrected chi connectivity index (χ0v) is 20.2. The quantitative estimate of drug-likeness (QED) is 0.637. The maximum Gasteiger partial charge on any atom is 0.307 e. The van der Waals surface area contributed by atoms with Crippen LogP contribution in [0.1, 0.15) is 53.5 Å². The molecule has 2 atom stereocenters. The molecule has 2 amide bonds. The maximum absolute atomic E-state index is 13.3. The van der Waals surface area contributed by atoms with Gasteiger partial charge in [0.25, 0.3) is 0 Å². The number of carbonyl (C=O) groups excluding carboxylic acids is 3. The summed E-state index contributed by atoms with van der Waals surface area (Å²) in [4.78, 5) is 38.3. The standard InChI is InChI=1S/C26H36N2O4/c1-25(2,3)22(24(31)27-7)28-23(30)20(16-21(29)32-26(4,5)6)15-17-12-13-18-10-8-9-11-19(18)14-17/h8-14,20,22H,15-16H2,1-7H3,(H,27,31)(H,28,30)/t20?,22-/m1/s1. The lowest BCUT2D eigenvalue weighted by Gasteiger charge is -2.31. The molecule has 1 unspecified atom stereocenters. The molecule has 0 saturated heterocycles. The molecule has 0 fully saturated rings. The second-order valence-corrected chi connectivity index (χ2v) is 10.3. The van der Waals surface area contributed by atoms with E-state index < -0.39 is 28.9 Å². The van der Waals surface area contributed by atoms with Crippen molar-refractivity contribution < 1.29 is 19.1 Å². The third kappa shape index (κ3) is 7.36. The molecule has 0 bridgehead atoms. The zero-order valence-electron chi connectivity index (χ0n) is 20.2. The number of ether oxygens (including phenoxy) is 1. The summed E-state index contributed by atoms with van der Waals surface area (Å²) in [5, 5.41) is 7.66. The van der Waals surface area contributed by atoms with Gasteiger partial charge in [0, 0.05) is 7.05 Å². The van der Waals surface area contributed by atoms with E-state index in [1.54, 1.807) is 27.8 Å². The maximum atomic E-state index is 13.3. The van der Waals surface area contributed by atoms with Crippen LogP contribution in [0.5, 0.6) is 0 Å². The Morgan fingerprint density at radius 2 is 1.53 bits per heavy atom. The van der Waals surface area contributed by atoms with Crippen LogP contribution in [0, 0.1) is 11.3 Å². The molecule has 0 aliphatic heterocycles. The summed E-state index contributed by atoms with van der Waals surface area (Å²) in [7, 11) is 1.54. The molecule has 0 spiro atoms. The Hall–Kier alpha value is -2.89. The van der Waals surface area contributed by atoms with E-state index in [0.717, 1.165) is 16.3 Å². The van der Waals surface area contributed by atoms with Crippen molar-refractivity contribution in [1.82, 2.24) is 10.6 Å². The lowest BCUT2D eigenvalue weighted by molar-refractivity contribution is -0.157. The Morgan fingerprint density at radius 3 is 2.09 bits per heavy atom. The summed E-state index contributed by atoms with van der Waals surface area (Å²) < 4.78 is 5.47. The highest BCUT2D eigenvalue weighted by Gasteiger charge is 2.35. The number of esters is 1. The monoisotopic (exact) mass is 440 g/mol. The smallest absolute Gasteiger partial charge is 0.307 e. The SMILES string of the molecule is CNC(=O)[C@@H](NC(=O)C(CC(=O)OC(C)(C)C)Cc1ccc2ccccc2c1)C(C)(C)C. The largest absolute Gasteiger partial charge is 0.460 e. The van der Waals surface area contributed by atoms with Gasteiger partial charge in [-0.1, -0.05) is 63.2 Å². The van der Waals surface area contributed by atoms with Gasteiger partial charge >= 0.3 is 5.97 Å². The highest BCUT2D eigenvalue weighted by Crippen LogP contribution is 2.23. The Balaban J connectivity index is 2.30. The van der Waals surface area contributed by atoms with E-state index in [4.69, 9.17) is 4.74 Å². The van der Waals surface area contributed by atoms with Gasteiger partial charge in [0.05, 0.1) is 12.3 Å². The van der Waals surface area contributed by atoms with Crippen molar-refractivity contribution in [2.24, 2.45) is 11.3 Å². The van der Waals surface area contributed by atoms with Crippen molar-refractivity contribution in [3.8, 4) is 0 Å². The van der Waals surface area contributed by atoms with Crippen LogP contribution in [0.25, 0.3) is 10.8 Å². The van der Waals surface area contributed by atoms with Gasteiger partial charge in [0.2, 0.25) is 11.8 Å². The number of nitrogens with one attached hydrogen (secondary N) is 2. The van der Waals surface area contributed by atoms with Crippen LogP contribution in [0.3, 0.4) is 0 Å².